The molecular formula is C18H18O3. The summed E-state index contributed by atoms with van der Waals surface area (Å²) in [6.45, 7) is 3.01. The average molecular weight is 282 g/mol. The van der Waals surface area contributed by atoms with Crippen molar-refractivity contribution < 1.29 is 14.3 Å². The lowest BCUT2D eigenvalue weighted by molar-refractivity contribution is -0.136. The van der Waals surface area contributed by atoms with E-state index in [2.05, 4.69) is 30.4 Å². The van der Waals surface area contributed by atoms with Crippen molar-refractivity contribution in [1.29, 1.82) is 0 Å². The third kappa shape index (κ3) is 2.04. The van der Waals surface area contributed by atoms with Gasteiger partial charge in [0.05, 0.1) is 13.2 Å². The molecule has 1 fully saturated rings. The molecule has 3 nitrogen and oxygen atoms in total. The van der Waals surface area contributed by atoms with Gasteiger partial charge in [-0.2, -0.15) is 0 Å². The fourth-order valence-corrected chi connectivity index (χ4v) is 3.84. The van der Waals surface area contributed by atoms with Gasteiger partial charge in [0, 0.05) is 24.3 Å². The molecule has 0 radical (unpaired) electrons. The number of esters is 1. The van der Waals surface area contributed by atoms with E-state index >= 15 is 0 Å². The van der Waals surface area contributed by atoms with Crippen molar-refractivity contribution in [3.63, 3.8) is 0 Å². The largest absolute Gasteiger partial charge is 0.426 e. The Morgan fingerprint density at radius 3 is 3.14 bits per heavy atom. The summed E-state index contributed by atoms with van der Waals surface area (Å²) in [4.78, 5) is 11.5. The molecule has 4 rings (SSSR count). The normalized spacial score (nSPS) is 29.9. The van der Waals surface area contributed by atoms with Gasteiger partial charge in [0.15, 0.2) is 0 Å². The summed E-state index contributed by atoms with van der Waals surface area (Å²) in [6.07, 6.45) is 12.6. The van der Waals surface area contributed by atoms with Crippen molar-refractivity contribution in [2.75, 3.05) is 13.2 Å². The molecule has 108 valence electrons. The van der Waals surface area contributed by atoms with Gasteiger partial charge < -0.3 is 9.47 Å². The number of rotatable bonds is 1. The molecule has 1 saturated heterocycles. The van der Waals surface area contributed by atoms with Gasteiger partial charge >= 0.3 is 5.97 Å². The summed E-state index contributed by atoms with van der Waals surface area (Å²) in [5, 5.41) is 0. The zero-order chi connectivity index (χ0) is 14.4. The second-order valence-corrected chi connectivity index (χ2v) is 5.96. The van der Waals surface area contributed by atoms with Crippen molar-refractivity contribution in [3.05, 3.63) is 58.4 Å². The summed E-state index contributed by atoms with van der Waals surface area (Å²) in [5.74, 6) is 1.30. The van der Waals surface area contributed by atoms with E-state index < -0.39 is 0 Å². The molecule has 0 spiro atoms. The molecular weight excluding hydrogens is 264 g/mol. The molecule has 1 heterocycles. The molecule has 1 aliphatic heterocycles. The predicted molar refractivity (Wildman–Crippen MR) is 79.2 cm³/mol. The smallest absolute Gasteiger partial charge is 0.308 e. The van der Waals surface area contributed by atoms with Crippen LogP contribution in [0.5, 0.6) is 0 Å². The first-order chi connectivity index (χ1) is 10.2. The highest BCUT2D eigenvalue weighted by Crippen LogP contribution is 2.48. The fraction of sp³-hybridized carbons (Fsp3) is 0.389. The van der Waals surface area contributed by atoms with E-state index in [1.54, 1.807) is 0 Å². The average Bonchev–Trinajstić information content (AvgIpc) is 2.94. The molecule has 0 N–H and O–H groups in total. The second-order valence-electron chi connectivity index (χ2n) is 5.96. The monoisotopic (exact) mass is 282 g/mol. The maximum absolute atomic E-state index is 11.5. The predicted octanol–water partition coefficient (Wildman–Crippen LogP) is 3.22. The number of fused-ring (bicyclic) bond motifs is 5. The van der Waals surface area contributed by atoms with Crippen molar-refractivity contribution in [2.45, 2.75) is 19.8 Å². The Hall–Kier alpha value is -1.87. The number of carbonyl (C=O) groups is 1. The van der Waals surface area contributed by atoms with Gasteiger partial charge in [0.2, 0.25) is 0 Å². The summed E-state index contributed by atoms with van der Waals surface area (Å²) in [7, 11) is 0. The number of carbonyl (C=O) groups excluding carboxylic acids is 1. The first kappa shape index (κ1) is 12.8. The second kappa shape index (κ2) is 4.85. The molecule has 0 aromatic rings. The zero-order valence-corrected chi connectivity index (χ0v) is 12.1. The Kier molecular flexibility index (Phi) is 2.96. The van der Waals surface area contributed by atoms with Crippen LogP contribution in [0.15, 0.2) is 58.4 Å². The molecule has 3 aliphatic carbocycles. The first-order valence-corrected chi connectivity index (χ1v) is 7.54. The molecule has 0 aromatic carbocycles. The van der Waals surface area contributed by atoms with Crippen LogP contribution < -0.4 is 0 Å². The van der Waals surface area contributed by atoms with Crippen LogP contribution in [0.1, 0.15) is 19.8 Å². The molecule has 0 saturated carbocycles. The summed E-state index contributed by atoms with van der Waals surface area (Å²) in [6, 6.07) is 0. The van der Waals surface area contributed by atoms with Crippen LogP contribution in [0.25, 0.3) is 0 Å². The van der Waals surface area contributed by atoms with Gasteiger partial charge in [0.25, 0.3) is 0 Å². The van der Waals surface area contributed by atoms with Crippen LogP contribution in [0, 0.1) is 11.8 Å². The van der Waals surface area contributed by atoms with Crippen molar-refractivity contribution in [3.8, 4) is 0 Å². The number of hydrogen-bond donors (Lipinski definition) is 0. The van der Waals surface area contributed by atoms with Crippen molar-refractivity contribution in [1.82, 2.24) is 0 Å². The minimum atomic E-state index is -0.249. The highest BCUT2D eigenvalue weighted by molar-refractivity contribution is 5.70. The molecule has 2 unspecified atom stereocenters. The van der Waals surface area contributed by atoms with Gasteiger partial charge in [-0.1, -0.05) is 29.9 Å². The number of allylic oxidation sites excluding steroid dienone is 8. The lowest BCUT2D eigenvalue weighted by atomic mass is 9.68. The molecule has 4 aliphatic rings. The minimum absolute atomic E-state index is 0.249. The van der Waals surface area contributed by atoms with E-state index in [9.17, 15) is 4.79 Å². The van der Waals surface area contributed by atoms with E-state index in [4.69, 9.17) is 9.47 Å². The van der Waals surface area contributed by atoms with Crippen LogP contribution in [0.2, 0.25) is 0 Å². The maximum Gasteiger partial charge on any atom is 0.308 e. The van der Waals surface area contributed by atoms with Crippen LogP contribution in [0.4, 0.5) is 0 Å². The first-order valence-electron chi connectivity index (χ1n) is 7.54. The summed E-state index contributed by atoms with van der Waals surface area (Å²) < 4.78 is 11.2. The Bertz CT molecular complexity index is 658. The van der Waals surface area contributed by atoms with Gasteiger partial charge in [-0.25, -0.2) is 0 Å². The molecule has 21 heavy (non-hydrogen) atoms. The quantitative estimate of drug-likeness (QED) is 0.693. The lowest BCUT2D eigenvalue weighted by Crippen LogP contribution is -2.33. The van der Waals surface area contributed by atoms with Crippen LogP contribution in [-0.4, -0.2) is 19.2 Å². The fourth-order valence-electron chi connectivity index (χ4n) is 3.84. The van der Waals surface area contributed by atoms with Crippen molar-refractivity contribution in [2.24, 2.45) is 11.8 Å². The van der Waals surface area contributed by atoms with Crippen LogP contribution >= 0.6 is 0 Å². The Balaban J connectivity index is 1.84. The van der Waals surface area contributed by atoms with Crippen LogP contribution in [0.3, 0.4) is 0 Å². The Morgan fingerprint density at radius 2 is 2.29 bits per heavy atom. The molecule has 0 aromatic heterocycles. The van der Waals surface area contributed by atoms with Crippen molar-refractivity contribution >= 4 is 5.97 Å². The molecule has 2 atom stereocenters. The van der Waals surface area contributed by atoms with Crippen LogP contribution in [-0.2, 0) is 14.3 Å². The SMILES string of the molecule is CC(=O)OC1=C2C3=CC=CC3=CCC2C2COCCC2=C1. The highest BCUT2D eigenvalue weighted by Gasteiger charge is 2.39. The minimum Gasteiger partial charge on any atom is -0.426 e. The van der Waals surface area contributed by atoms with E-state index in [0.717, 1.165) is 31.8 Å². The highest BCUT2D eigenvalue weighted by atomic mass is 16.5. The van der Waals surface area contributed by atoms with Gasteiger partial charge in [-0.05, 0) is 30.1 Å². The van der Waals surface area contributed by atoms with Gasteiger partial charge in [-0.15, -0.1) is 0 Å². The summed E-state index contributed by atoms with van der Waals surface area (Å²) in [5.41, 5.74) is 5.02. The van der Waals surface area contributed by atoms with E-state index in [-0.39, 0.29) is 5.97 Å². The third-order valence-electron chi connectivity index (χ3n) is 4.73. The zero-order valence-electron chi connectivity index (χ0n) is 12.1. The Morgan fingerprint density at radius 1 is 1.38 bits per heavy atom. The van der Waals surface area contributed by atoms with E-state index in [1.165, 1.54) is 29.2 Å². The number of ether oxygens (including phenoxy) is 2. The molecule has 0 bridgehead atoms. The lowest BCUT2D eigenvalue weighted by Gasteiger charge is -2.40. The topological polar surface area (TPSA) is 35.5 Å². The Labute approximate surface area is 124 Å². The third-order valence-corrected chi connectivity index (χ3v) is 4.73. The van der Waals surface area contributed by atoms with Gasteiger partial charge in [0.1, 0.15) is 5.76 Å². The standard InChI is InChI=1S/C18H18O3/c1-11(19)21-17-9-13-7-8-20-10-16(13)15-6-5-12-3-2-4-14(12)18(15)17/h2-5,9,15-16H,6-8,10H2,1H3. The number of hydrogen-bond acceptors (Lipinski definition) is 3. The maximum atomic E-state index is 11.5. The molecule has 3 heteroatoms. The van der Waals surface area contributed by atoms with E-state index in [1.807, 2.05) is 0 Å². The van der Waals surface area contributed by atoms with Gasteiger partial charge in [-0.3, -0.25) is 4.79 Å². The summed E-state index contributed by atoms with van der Waals surface area (Å²) >= 11 is 0. The van der Waals surface area contributed by atoms with E-state index in [0.29, 0.717) is 11.8 Å². The molecule has 0 amide bonds.